The molecule has 0 aliphatic heterocycles. The maximum absolute atomic E-state index is 9.01. The first-order chi connectivity index (χ1) is 12.6. The van der Waals surface area contributed by atoms with Crippen LogP contribution in [0.1, 0.15) is 77.6 Å². The molecule has 0 aromatic carbocycles. The SMILES string of the molecule is CCCCCCC(CO)(CO)CO.OCCCCCCCC(CO)CO. The van der Waals surface area contributed by atoms with Crippen LogP contribution in [-0.2, 0) is 0 Å². The Morgan fingerprint density at radius 3 is 1.58 bits per heavy atom. The zero-order valence-electron chi connectivity index (χ0n) is 16.8. The van der Waals surface area contributed by atoms with Gasteiger partial charge in [-0.1, -0.05) is 58.3 Å². The van der Waals surface area contributed by atoms with Gasteiger partial charge in [-0.2, -0.15) is 0 Å². The number of hydrogen-bond donors (Lipinski definition) is 6. The van der Waals surface area contributed by atoms with E-state index in [2.05, 4.69) is 6.92 Å². The van der Waals surface area contributed by atoms with Crippen molar-refractivity contribution in [1.82, 2.24) is 0 Å². The first-order valence-electron chi connectivity index (χ1n) is 10.2. The minimum absolute atomic E-state index is 0.0674. The molecule has 0 radical (unpaired) electrons. The molecule has 0 aromatic rings. The fourth-order valence-corrected chi connectivity index (χ4v) is 2.63. The van der Waals surface area contributed by atoms with Crippen LogP contribution >= 0.6 is 0 Å². The van der Waals surface area contributed by atoms with Crippen molar-refractivity contribution in [2.24, 2.45) is 11.3 Å². The van der Waals surface area contributed by atoms with Gasteiger partial charge in [-0.05, 0) is 19.3 Å². The summed E-state index contributed by atoms with van der Waals surface area (Å²) in [4.78, 5) is 0. The molecule has 6 N–H and O–H groups in total. The highest BCUT2D eigenvalue weighted by molar-refractivity contribution is 4.76. The molecule has 0 amide bonds. The van der Waals surface area contributed by atoms with Crippen molar-refractivity contribution in [3.05, 3.63) is 0 Å². The van der Waals surface area contributed by atoms with Gasteiger partial charge in [0, 0.05) is 31.2 Å². The van der Waals surface area contributed by atoms with Crippen LogP contribution in [0.5, 0.6) is 0 Å². The molecule has 6 heteroatoms. The lowest BCUT2D eigenvalue weighted by molar-refractivity contribution is -0.00228. The summed E-state index contributed by atoms with van der Waals surface area (Å²) in [5.41, 5.74) is -0.659. The molecule has 0 rings (SSSR count). The third-order valence-electron chi connectivity index (χ3n) is 4.85. The van der Waals surface area contributed by atoms with Crippen LogP contribution in [0.15, 0.2) is 0 Å². The molecule has 0 saturated carbocycles. The molecule has 26 heavy (non-hydrogen) atoms. The second-order valence-electron chi connectivity index (χ2n) is 7.30. The molecule has 0 aliphatic carbocycles. The van der Waals surface area contributed by atoms with Gasteiger partial charge in [0.15, 0.2) is 0 Å². The smallest absolute Gasteiger partial charge is 0.0531 e. The molecule has 0 atom stereocenters. The number of aliphatic hydroxyl groups is 6. The summed E-state index contributed by atoms with van der Waals surface area (Å²) in [5, 5.41) is 53.1. The van der Waals surface area contributed by atoms with E-state index in [1.807, 2.05) is 0 Å². The molecule has 0 heterocycles. The Morgan fingerprint density at radius 1 is 0.615 bits per heavy atom. The van der Waals surface area contributed by atoms with Crippen molar-refractivity contribution < 1.29 is 30.6 Å². The van der Waals surface area contributed by atoms with E-state index < -0.39 is 5.41 Å². The summed E-state index contributed by atoms with van der Waals surface area (Å²) in [5.74, 6) is 0.0674. The number of rotatable bonds is 17. The van der Waals surface area contributed by atoms with E-state index >= 15 is 0 Å². The Hall–Kier alpha value is -0.240. The van der Waals surface area contributed by atoms with Gasteiger partial charge in [0.2, 0.25) is 0 Å². The van der Waals surface area contributed by atoms with Crippen LogP contribution in [0.2, 0.25) is 0 Å². The molecule has 6 nitrogen and oxygen atoms in total. The van der Waals surface area contributed by atoms with Crippen molar-refractivity contribution in [3.63, 3.8) is 0 Å². The van der Waals surface area contributed by atoms with Crippen LogP contribution in [-0.4, -0.2) is 70.3 Å². The maximum atomic E-state index is 9.01. The Morgan fingerprint density at radius 2 is 1.12 bits per heavy atom. The first-order valence-corrected chi connectivity index (χ1v) is 10.2. The average Bonchev–Trinajstić information content (AvgIpc) is 2.69. The van der Waals surface area contributed by atoms with Crippen LogP contribution in [0, 0.1) is 11.3 Å². The third-order valence-corrected chi connectivity index (χ3v) is 4.85. The van der Waals surface area contributed by atoms with E-state index in [0.29, 0.717) is 6.42 Å². The fourth-order valence-electron chi connectivity index (χ4n) is 2.63. The van der Waals surface area contributed by atoms with Gasteiger partial charge in [-0.3, -0.25) is 0 Å². The van der Waals surface area contributed by atoms with E-state index in [1.54, 1.807) is 0 Å². The van der Waals surface area contributed by atoms with Crippen LogP contribution in [0.25, 0.3) is 0 Å². The summed E-state index contributed by atoms with van der Waals surface area (Å²) >= 11 is 0. The number of hydrogen-bond acceptors (Lipinski definition) is 6. The standard InChI is InChI=1S/2C10H22O3/c1-2-3-4-5-6-10(7-11,8-12)9-13;11-7-5-3-1-2-4-6-10(8-12)9-13/h11-13H,2-9H2,1H3;10-13H,1-9H2. The Balaban J connectivity index is 0. The second-order valence-corrected chi connectivity index (χ2v) is 7.30. The third kappa shape index (κ3) is 16.0. The Labute approximate surface area is 159 Å². The molecule has 0 aromatic heterocycles. The first kappa shape index (κ1) is 28.0. The molecule has 0 saturated heterocycles. The van der Waals surface area contributed by atoms with Gasteiger partial charge in [-0.25, -0.2) is 0 Å². The van der Waals surface area contributed by atoms with Gasteiger partial charge in [0.1, 0.15) is 0 Å². The van der Waals surface area contributed by atoms with Gasteiger partial charge in [-0.15, -0.1) is 0 Å². The minimum atomic E-state index is -0.659. The normalized spacial score (nSPS) is 11.5. The average molecular weight is 381 g/mol. The van der Waals surface area contributed by atoms with E-state index in [4.69, 9.17) is 30.6 Å². The highest BCUT2D eigenvalue weighted by atomic mass is 16.3. The largest absolute Gasteiger partial charge is 0.396 e. The predicted molar refractivity (Wildman–Crippen MR) is 105 cm³/mol. The van der Waals surface area contributed by atoms with E-state index in [-0.39, 0.29) is 45.6 Å². The van der Waals surface area contributed by atoms with Crippen LogP contribution in [0.4, 0.5) is 0 Å². The van der Waals surface area contributed by atoms with Crippen LogP contribution in [0.3, 0.4) is 0 Å². The highest BCUT2D eigenvalue weighted by Gasteiger charge is 2.26. The summed E-state index contributed by atoms with van der Waals surface area (Å²) in [6.45, 7) is 2.21. The van der Waals surface area contributed by atoms with E-state index in [1.165, 1.54) is 12.8 Å². The van der Waals surface area contributed by atoms with Crippen molar-refractivity contribution >= 4 is 0 Å². The monoisotopic (exact) mass is 380 g/mol. The highest BCUT2D eigenvalue weighted by Crippen LogP contribution is 2.23. The lowest BCUT2D eigenvalue weighted by Crippen LogP contribution is -2.33. The minimum Gasteiger partial charge on any atom is -0.396 e. The number of unbranched alkanes of at least 4 members (excludes halogenated alkanes) is 7. The molecule has 160 valence electrons. The summed E-state index contributed by atoms with van der Waals surface area (Å²) in [6.07, 6.45) is 11.4. The molecular weight excluding hydrogens is 336 g/mol. The zero-order valence-corrected chi connectivity index (χ0v) is 16.8. The Bertz CT molecular complexity index is 246. The van der Waals surface area contributed by atoms with Crippen LogP contribution < -0.4 is 0 Å². The maximum Gasteiger partial charge on any atom is 0.0531 e. The van der Waals surface area contributed by atoms with Crippen molar-refractivity contribution in [1.29, 1.82) is 0 Å². The predicted octanol–water partition coefficient (Wildman–Crippen LogP) is 1.84. The van der Waals surface area contributed by atoms with E-state index in [0.717, 1.165) is 51.4 Å². The summed E-state index contributed by atoms with van der Waals surface area (Å²) < 4.78 is 0. The van der Waals surface area contributed by atoms with E-state index in [9.17, 15) is 0 Å². The van der Waals surface area contributed by atoms with Crippen molar-refractivity contribution in [2.75, 3.05) is 39.6 Å². The molecule has 0 fully saturated rings. The summed E-state index contributed by atoms with van der Waals surface area (Å²) in [7, 11) is 0. The fraction of sp³-hybridized carbons (Fsp3) is 1.00. The lowest BCUT2D eigenvalue weighted by atomic mass is 9.85. The molecule has 0 unspecified atom stereocenters. The zero-order chi connectivity index (χ0) is 20.1. The Kier molecular flexibility index (Phi) is 22.7. The molecular formula is C20H44O6. The van der Waals surface area contributed by atoms with Gasteiger partial charge in [0.25, 0.3) is 0 Å². The van der Waals surface area contributed by atoms with Crippen molar-refractivity contribution in [2.45, 2.75) is 77.6 Å². The number of aliphatic hydroxyl groups excluding tert-OH is 6. The quantitative estimate of drug-likeness (QED) is 0.214. The molecule has 0 spiro atoms. The van der Waals surface area contributed by atoms with Gasteiger partial charge < -0.3 is 30.6 Å². The summed E-state index contributed by atoms with van der Waals surface area (Å²) in [6, 6.07) is 0. The van der Waals surface area contributed by atoms with Gasteiger partial charge >= 0.3 is 0 Å². The van der Waals surface area contributed by atoms with Crippen molar-refractivity contribution in [3.8, 4) is 0 Å². The second kappa shape index (κ2) is 21.1. The lowest BCUT2D eigenvalue weighted by Gasteiger charge is -2.27. The topological polar surface area (TPSA) is 121 Å². The van der Waals surface area contributed by atoms with Gasteiger partial charge in [0.05, 0.1) is 19.8 Å². The molecule has 0 bridgehead atoms. The molecule has 0 aliphatic rings.